The van der Waals surface area contributed by atoms with Gasteiger partial charge in [0.2, 0.25) is 5.91 Å². The molecule has 7 rings (SSSR count). The number of carbonyl (C=O) groups excluding carboxylic acids is 1. The monoisotopic (exact) mass is 846 g/mol. The van der Waals surface area contributed by atoms with Gasteiger partial charge in [0.05, 0.1) is 33.6 Å². The normalized spacial score (nSPS) is 17.4. The Bertz CT molecular complexity index is 2680. The molecule has 0 aliphatic heterocycles. The summed E-state index contributed by atoms with van der Waals surface area (Å²) in [6.45, 7) is 1.91. The van der Waals surface area contributed by atoms with Crippen LogP contribution >= 0.6 is 11.6 Å². The molecule has 0 spiro atoms. The van der Waals surface area contributed by atoms with E-state index in [1.54, 1.807) is 12.1 Å². The highest BCUT2D eigenvalue weighted by molar-refractivity contribution is 7.90. The molecule has 3 aromatic heterocycles. The molecule has 0 saturated heterocycles. The standard InChI is InChI=1S/C38H33ClF6N8O4S/c1-37(2,55)12-11-21-5-6-22(23-8-10-26(39)30-33(23)52(4)50-36(30)51-58(56,57)46-3)31(47-21)27(15-18-13-19(40)16-20(41)14-18)48-28(54)17-53-34-29(32(49-53)35(42)43)24-7-9-25(24)38(34,44)45/h5-10,13-14,16,24-25,27,35,46,55H,15,17H2,1-4H3,(H,48,54)(H,50,51)/t24-,25+,27-/m0/s1. The number of nitrogens with one attached hydrogen (secondary N) is 3. The number of hydrogen-bond donors (Lipinski definition) is 4. The van der Waals surface area contributed by atoms with Crippen molar-refractivity contribution < 1.29 is 44.7 Å². The van der Waals surface area contributed by atoms with Crippen molar-refractivity contribution in [2.45, 2.75) is 56.7 Å². The lowest BCUT2D eigenvalue weighted by atomic mass is 9.81. The van der Waals surface area contributed by atoms with Crippen LogP contribution in [0.25, 0.3) is 22.0 Å². The minimum atomic E-state index is -4.08. The molecule has 0 bridgehead atoms. The van der Waals surface area contributed by atoms with E-state index in [0.717, 1.165) is 12.1 Å². The zero-order chi connectivity index (χ0) is 42.1. The predicted octanol–water partition coefficient (Wildman–Crippen LogP) is 6.17. The fourth-order valence-corrected chi connectivity index (χ4v) is 7.96. The zero-order valence-electron chi connectivity index (χ0n) is 30.9. The van der Waals surface area contributed by atoms with Crippen LogP contribution in [0.5, 0.6) is 0 Å². The maximum Gasteiger partial charge on any atom is 0.300 e. The van der Waals surface area contributed by atoms with Gasteiger partial charge in [-0.15, -0.1) is 0 Å². The van der Waals surface area contributed by atoms with Crippen LogP contribution in [0.1, 0.15) is 66.1 Å². The smallest absolute Gasteiger partial charge is 0.300 e. The Morgan fingerprint density at radius 3 is 2.36 bits per heavy atom. The molecular weight excluding hydrogens is 814 g/mol. The van der Waals surface area contributed by atoms with Crippen LogP contribution in [0.3, 0.4) is 0 Å². The Kier molecular flexibility index (Phi) is 10.4. The largest absolute Gasteiger partial charge is 0.378 e. The van der Waals surface area contributed by atoms with Gasteiger partial charge in [0.1, 0.15) is 40.9 Å². The summed E-state index contributed by atoms with van der Waals surface area (Å²) in [7, 11) is -1.38. The van der Waals surface area contributed by atoms with Crippen molar-refractivity contribution in [1.82, 2.24) is 34.6 Å². The number of aliphatic hydroxyl groups is 1. The van der Waals surface area contributed by atoms with Crippen LogP contribution in [0.2, 0.25) is 5.02 Å². The van der Waals surface area contributed by atoms with Gasteiger partial charge in [-0.05, 0) is 62.1 Å². The van der Waals surface area contributed by atoms with E-state index >= 15 is 8.78 Å². The number of amides is 1. The summed E-state index contributed by atoms with van der Waals surface area (Å²) in [6.07, 6.45) is -0.976. The molecule has 0 unspecified atom stereocenters. The molecule has 2 aromatic carbocycles. The van der Waals surface area contributed by atoms with E-state index in [1.165, 1.54) is 56.9 Å². The molecule has 12 nitrogen and oxygen atoms in total. The first-order valence-electron chi connectivity index (χ1n) is 17.5. The van der Waals surface area contributed by atoms with Gasteiger partial charge < -0.3 is 10.4 Å². The second-order valence-corrected chi connectivity index (χ2v) is 16.3. The SMILES string of the molecule is CNS(=O)(=O)Nc1nn(C)c2c(-c3ccc(C#CC(C)(C)O)nc3[C@H](Cc3cc(F)cc(F)c3)NC(=O)Cn3nc(C(F)F)c4c3C(F)(F)[C@@H]3C=C[C@H]43)ccc(Cl)c12. The molecule has 2 aliphatic carbocycles. The third-order valence-electron chi connectivity index (χ3n) is 9.67. The van der Waals surface area contributed by atoms with Gasteiger partial charge in [-0.2, -0.15) is 27.4 Å². The second kappa shape index (κ2) is 14.8. The minimum absolute atomic E-state index is 0.00859. The summed E-state index contributed by atoms with van der Waals surface area (Å²) in [6, 6.07) is 7.39. The van der Waals surface area contributed by atoms with E-state index in [0.29, 0.717) is 16.3 Å². The van der Waals surface area contributed by atoms with Crippen molar-refractivity contribution in [3.05, 3.63) is 105 Å². The third-order valence-corrected chi connectivity index (χ3v) is 11.0. The van der Waals surface area contributed by atoms with Gasteiger partial charge in [0.15, 0.2) is 5.82 Å². The maximum atomic E-state index is 15.6. The number of carbonyl (C=O) groups is 1. The predicted molar refractivity (Wildman–Crippen MR) is 201 cm³/mol. The summed E-state index contributed by atoms with van der Waals surface area (Å²) in [5.74, 6) is -3.63. The van der Waals surface area contributed by atoms with E-state index in [-0.39, 0.29) is 56.2 Å². The number of aryl methyl sites for hydroxylation is 1. The highest BCUT2D eigenvalue weighted by atomic mass is 35.5. The highest BCUT2D eigenvalue weighted by Crippen LogP contribution is 2.60. The van der Waals surface area contributed by atoms with Crippen LogP contribution in [-0.4, -0.2) is 56.6 Å². The summed E-state index contributed by atoms with van der Waals surface area (Å²) < 4.78 is 120. The Labute approximate surface area is 332 Å². The van der Waals surface area contributed by atoms with E-state index in [4.69, 9.17) is 16.6 Å². The van der Waals surface area contributed by atoms with Crippen LogP contribution in [0.15, 0.2) is 54.6 Å². The molecule has 3 atom stereocenters. The number of aromatic nitrogens is 5. The van der Waals surface area contributed by atoms with Crippen molar-refractivity contribution in [3.8, 4) is 23.0 Å². The second-order valence-electron chi connectivity index (χ2n) is 14.3. The van der Waals surface area contributed by atoms with Gasteiger partial charge in [0, 0.05) is 42.8 Å². The number of rotatable bonds is 11. The average molecular weight is 847 g/mol. The van der Waals surface area contributed by atoms with E-state index < -0.39 is 81.5 Å². The topological polar surface area (TPSA) is 156 Å². The Morgan fingerprint density at radius 1 is 1.05 bits per heavy atom. The molecule has 5 aromatic rings. The van der Waals surface area contributed by atoms with Crippen LogP contribution in [0, 0.1) is 29.4 Å². The zero-order valence-corrected chi connectivity index (χ0v) is 32.5. The lowest BCUT2D eigenvalue weighted by Gasteiger charge is -2.27. The summed E-state index contributed by atoms with van der Waals surface area (Å²) >= 11 is 6.60. The quantitative estimate of drug-likeness (QED) is 0.0704. The van der Waals surface area contributed by atoms with E-state index in [1.807, 2.05) is 0 Å². The molecule has 0 radical (unpaired) electrons. The Balaban J connectivity index is 1.39. The molecule has 58 heavy (non-hydrogen) atoms. The third kappa shape index (κ3) is 7.64. The fraction of sp³-hybridized carbons (Fsp3) is 0.316. The molecule has 0 fully saturated rings. The maximum absolute atomic E-state index is 15.6. The number of alkyl halides is 4. The number of halogens is 7. The highest BCUT2D eigenvalue weighted by Gasteiger charge is 2.60. The van der Waals surface area contributed by atoms with Crippen molar-refractivity contribution >= 4 is 44.4 Å². The number of fused-ring (bicyclic) bond motifs is 4. The number of pyridine rings is 1. The van der Waals surface area contributed by atoms with Crippen LogP contribution in [0.4, 0.5) is 32.2 Å². The lowest BCUT2D eigenvalue weighted by Crippen LogP contribution is -2.35. The molecule has 3 heterocycles. The van der Waals surface area contributed by atoms with Crippen molar-refractivity contribution in [2.75, 3.05) is 11.8 Å². The average Bonchev–Trinajstić information content (AvgIpc) is 3.68. The molecule has 1 amide bonds. The molecule has 20 heteroatoms. The van der Waals surface area contributed by atoms with Gasteiger partial charge in [-0.3, -0.25) is 18.9 Å². The first kappa shape index (κ1) is 40.8. The molecule has 304 valence electrons. The number of nitrogens with zero attached hydrogens (tertiary/aromatic N) is 5. The lowest BCUT2D eigenvalue weighted by molar-refractivity contribution is -0.123. The van der Waals surface area contributed by atoms with Gasteiger partial charge >= 0.3 is 0 Å². The number of benzene rings is 2. The summed E-state index contributed by atoms with van der Waals surface area (Å²) in [5, 5.41) is 21.3. The van der Waals surface area contributed by atoms with Gasteiger partial charge in [-0.1, -0.05) is 35.7 Å². The van der Waals surface area contributed by atoms with Gasteiger partial charge in [-0.25, -0.2) is 27.3 Å². The van der Waals surface area contributed by atoms with Gasteiger partial charge in [0.25, 0.3) is 22.6 Å². The molecule has 0 saturated carbocycles. The number of hydrogen-bond acceptors (Lipinski definition) is 7. The van der Waals surface area contributed by atoms with Crippen LogP contribution < -0.4 is 14.8 Å². The number of allylic oxidation sites excluding steroid dienone is 2. The van der Waals surface area contributed by atoms with Crippen molar-refractivity contribution in [2.24, 2.45) is 13.0 Å². The van der Waals surface area contributed by atoms with Crippen molar-refractivity contribution in [1.29, 1.82) is 0 Å². The molecular formula is C38H33ClF6N8O4S. The van der Waals surface area contributed by atoms with Crippen molar-refractivity contribution in [3.63, 3.8) is 0 Å². The first-order valence-corrected chi connectivity index (χ1v) is 19.4. The Hall–Kier alpha value is -5.42. The number of anilines is 1. The first-order chi connectivity index (χ1) is 27.2. The molecule has 2 aliphatic rings. The van der Waals surface area contributed by atoms with E-state index in [9.17, 15) is 35.9 Å². The van der Waals surface area contributed by atoms with E-state index in [2.05, 4.69) is 36.8 Å². The van der Waals surface area contributed by atoms with Crippen LogP contribution in [-0.2, 0) is 40.9 Å². The Morgan fingerprint density at radius 2 is 1.74 bits per heavy atom. The molecule has 4 N–H and O–H groups in total. The summed E-state index contributed by atoms with van der Waals surface area (Å²) in [5.41, 5.74) is -2.53. The minimum Gasteiger partial charge on any atom is -0.378 e. The summed E-state index contributed by atoms with van der Waals surface area (Å²) in [4.78, 5) is 18.7. The fourth-order valence-electron chi connectivity index (χ4n) is 7.22.